The van der Waals surface area contributed by atoms with Gasteiger partial charge in [0.05, 0.1) is 33.0 Å². The number of carbonyl (C=O) groups is 1. The van der Waals surface area contributed by atoms with Gasteiger partial charge in [0.15, 0.2) is 17.3 Å². The Bertz CT molecular complexity index is 903. The first kappa shape index (κ1) is 27.2. The van der Waals surface area contributed by atoms with Gasteiger partial charge in [-0.05, 0) is 43.0 Å². The van der Waals surface area contributed by atoms with E-state index in [1.807, 2.05) is 32.0 Å². The number of nitrogens with zero attached hydrogens (tertiary/aromatic N) is 1. The van der Waals surface area contributed by atoms with Gasteiger partial charge in [0.25, 0.3) is 0 Å². The van der Waals surface area contributed by atoms with Crippen LogP contribution in [0.25, 0.3) is 0 Å². The van der Waals surface area contributed by atoms with E-state index in [1.54, 1.807) is 32.4 Å². The topological polar surface area (TPSA) is 57.2 Å². The summed E-state index contributed by atoms with van der Waals surface area (Å²) in [5.74, 6) is 1.13. The van der Waals surface area contributed by atoms with Gasteiger partial charge in [-0.1, -0.05) is 57.0 Å². The van der Waals surface area contributed by atoms with Crippen molar-refractivity contribution in [3.8, 4) is 11.5 Å². The van der Waals surface area contributed by atoms with Gasteiger partial charge in [-0.3, -0.25) is 9.69 Å². The minimum absolute atomic E-state index is 0.0363. The number of benzene rings is 2. The summed E-state index contributed by atoms with van der Waals surface area (Å²) in [6, 6.07) is 15.9. The van der Waals surface area contributed by atoms with Crippen LogP contribution in [-0.4, -0.2) is 62.8 Å². The monoisotopic (exact) mass is 483 g/mol. The average Bonchev–Trinajstić information content (AvgIpc) is 3.41. The van der Waals surface area contributed by atoms with Crippen LogP contribution in [0.15, 0.2) is 48.5 Å². The van der Waals surface area contributed by atoms with Crippen molar-refractivity contribution in [3.63, 3.8) is 0 Å². The van der Waals surface area contributed by atoms with Crippen molar-refractivity contribution in [2.45, 2.75) is 70.8 Å². The van der Waals surface area contributed by atoms with Crippen LogP contribution in [0.3, 0.4) is 0 Å². The molecule has 1 aliphatic heterocycles. The van der Waals surface area contributed by atoms with Crippen LogP contribution in [0.5, 0.6) is 11.5 Å². The molecule has 0 spiro atoms. The maximum Gasteiger partial charge on any atom is 0.188 e. The number of ketones is 1. The molecular formula is C29H41NO5. The summed E-state index contributed by atoms with van der Waals surface area (Å²) >= 11 is 0. The summed E-state index contributed by atoms with van der Waals surface area (Å²) < 4.78 is 23.0. The number of hydrogen-bond acceptors (Lipinski definition) is 6. The van der Waals surface area contributed by atoms with E-state index in [-0.39, 0.29) is 24.6 Å². The molecule has 4 rings (SSSR count). The van der Waals surface area contributed by atoms with E-state index in [4.69, 9.17) is 18.9 Å². The Morgan fingerprint density at radius 1 is 0.914 bits per heavy atom. The number of methoxy groups -OCH3 is 2. The zero-order valence-corrected chi connectivity index (χ0v) is 21.7. The van der Waals surface area contributed by atoms with Crippen LogP contribution in [0, 0.1) is 0 Å². The summed E-state index contributed by atoms with van der Waals surface area (Å²) in [4.78, 5) is 15.3. The highest BCUT2D eigenvalue weighted by atomic mass is 16.5. The number of Topliss-reactive ketones (excluding diaryl/α,β-unsaturated/α-hetero) is 1. The first-order chi connectivity index (χ1) is 17.2. The van der Waals surface area contributed by atoms with E-state index in [2.05, 4.69) is 17.0 Å². The van der Waals surface area contributed by atoms with Crippen LogP contribution >= 0.6 is 0 Å². The molecule has 192 valence electrons. The normalized spacial score (nSPS) is 22.2. The lowest BCUT2D eigenvalue weighted by Gasteiger charge is -2.37. The third-order valence-corrected chi connectivity index (χ3v) is 6.78. The van der Waals surface area contributed by atoms with Gasteiger partial charge in [-0.2, -0.15) is 0 Å². The molecule has 0 radical (unpaired) electrons. The first-order valence-corrected chi connectivity index (χ1v) is 12.9. The molecule has 6 heteroatoms. The average molecular weight is 484 g/mol. The Morgan fingerprint density at radius 3 is 2.40 bits per heavy atom. The lowest BCUT2D eigenvalue weighted by atomic mass is 9.91. The number of rotatable bonds is 10. The third kappa shape index (κ3) is 7.53. The molecule has 3 unspecified atom stereocenters. The number of ether oxygens (including phenoxy) is 4. The lowest BCUT2D eigenvalue weighted by molar-refractivity contribution is -0.0301. The fourth-order valence-electron chi connectivity index (χ4n) is 4.94. The summed E-state index contributed by atoms with van der Waals surface area (Å²) in [6.07, 6.45) is 5.84. The van der Waals surface area contributed by atoms with Crippen LogP contribution in [0.4, 0.5) is 0 Å². The largest absolute Gasteiger partial charge is 0.493 e. The zero-order chi connectivity index (χ0) is 25.0. The fourth-order valence-corrected chi connectivity index (χ4v) is 4.94. The molecule has 1 saturated carbocycles. The summed E-state index contributed by atoms with van der Waals surface area (Å²) in [6.45, 7) is 6.69. The summed E-state index contributed by atoms with van der Waals surface area (Å²) in [7, 11) is 3.16. The Morgan fingerprint density at radius 2 is 1.66 bits per heavy atom. The molecule has 3 atom stereocenters. The maximum absolute atomic E-state index is 12.8. The van der Waals surface area contributed by atoms with Crippen LogP contribution < -0.4 is 9.47 Å². The van der Waals surface area contributed by atoms with E-state index in [9.17, 15) is 4.79 Å². The Labute approximate surface area is 210 Å². The molecule has 2 aromatic carbocycles. The van der Waals surface area contributed by atoms with Crippen LogP contribution in [-0.2, 0) is 16.1 Å². The summed E-state index contributed by atoms with van der Waals surface area (Å²) in [5.41, 5.74) is 1.79. The zero-order valence-electron chi connectivity index (χ0n) is 21.7. The second-order valence-electron chi connectivity index (χ2n) is 8.90. The van der Waals surface area contributed by atoms with Crippen molar-refractivity contribution >= 4 is 5.78 Å². The van der Waals surface area contributed by atoms with Crippen molar-refractivity contribution in [1.29, 1.82) is 0 Å². The third-order valence-electron chi connectivity index (χ3n) is 6.78. The fraction of sp³-hybridized carbons (Fsp3) is 0.552. The number of likely N-dealkylation sites (tertiary alicyclic amines) is 1. The number of carbonyl (C=O) groups excluding carboxylic acids is 1. The predicted octanol–water partition coefficient (Wildman–Crippen LogP) is 5.53. The van der Waals surface area contributed by atoms with Gasteiger partial charge < -0.3 is 18.9 Å². The molecule has 2 fully saturated rings. The van der Waals surface area contributed by atoms with Crippen LogP contribution in [0.1, 0.15) is 61.9 Å². The quantitative estimate of drug-likeness (QED) is 0.414. The van der Waals surface area contributed by atoms with Crippen molar-refractivity contribution in [1.82, 2.24) is 4.90 Å². The highest BCUT2D eigenvalue weighted by Crippen LogP contribution is 2.30. The van der Waals surface area contributed by atoms with Gasteiger partial charge >= 0.3 is 0 Å². The Hall–Kier alpha value is -2.41. The second kappa shape index (κ2) is 14.2. The van der Waals surface area contributed by atoms with Crippen molar-refractivity contribution in [2.24, 2.45) is 0 Å². The van der Waals surface area contributed by atoms with Gasteiger partial charge in [0.1, 0.15) is 6.61 Å². The first-order valence-electron chi connectivity index (χ1n) is 12.9. The molecule has 1 aliphatic carbocycles. The van der Waals surface area contributed by atoms with E-state index in [0.29, 0.717) is 29.7 Å². The highest BCUT2D eigenvalue weighted by Gasteiger charge is 2.35. The molecule has 1 heterocycles. The molecule has 6 nitrogen and oxygen atoms in total. The highest BCUT2D eigenvalue weighted by molar-refractivity contribution is 5.97. The van der Waals surface area contributed by atoms with Gasteiger partial charge in [-0.25, -0.2) is 0 Å². The predicted molar refractivity (Wildman–Crippen MR) is 138 cm³/mol. The smallest absolute Gasteiger partial charge is 0.188 e. The van der Waals surface area contributed by atoms with Gasteiger partial charge in [0.2, 0.25) is 0 Å². The van der Waals surface area contributed by atoms with E-state index in [0.717, 1.165) is 38.8 Å². The Kier molecular flexibility index (Phi) is 11.0. The minimum atomic E-state index is -0.0363. The minimum Gasteiger partial charge on any atom is -0.493 e. The summed E-state index contributed by atoms with van der Waals surface area (Å²) in [5, 5.41) is 0. The standard InChI is InChI=1S/C27H35NO5.C2H6/c1-30-26-13-12-21(16-27(26)31-2)24(29)19-33-25-11-7-6-10-23(25)28-15-14-22(17-28)32-18-20-8-4-3-5-9-20;1-2/h3-5,8-9,12-13,16,22-23,25H,6-7,10-11,14-15,17-19H2,1-2H3;1-2H3. The van der Waals surface area contributed by atoms with Gasteiger partial charge in [-0.15, -0.1) is 0 Å². The molecule has 0 N–H and O–H groups in total. The molecule has 2 aliphatic rings. The number of hydrogen-bond donors (Lipinski definition) is 0. The van der Waals surface area contributed by atoms with Crippen LogP contribution in [0.2, 0.25) is 0 Å². The molecular weight excluding hydrogens is 442 g/mol. The van der Waals surface area contributed by atoms with Crippen molar-refractivity contribution in [3.05, 3.63) is 59.7 Å². The second-order valence-corrected chi connectivity index (χ2v) is 8.90. The van der Waals surface area contributed by atoms with Gasteiger partial charge in [0, 0.05) is 24.7 Å². The van der Waals surface area contributed by atoms with E-state index in [1.165, 1.54) is 12.0 Å². The lowest BCUT2D eigenvalue weighted by Crippen LogP contribution is -2.46. The van der Waals surface area contributed by atoms with E-state index < -0.39 is 0 Å². The van der Waals surface area contributed by atoms with Crippen molar-refractivity contribution < 1.29 is 23.7 Å². The molecule has 0 bridgehead atoms. The van der Waals surface area contributed by atoms with E-state index >= 15 is 0 Å². The Balaban J connectivity index is 0.00000167. The molecule has 35 heavy (non-hydrogen) atoms. The maximum atomic E-state index is 12.8. The van der Waals surface area contributed by atoms with Crippen molar-refractivity contribution in [2.75, 3.05) is 33.9 Å². The SMILES string of the molecule is CC.COc1ccc(C(=O)COC2CCCCC2N2CCC(OCc3ccccc3)C2)cc1OC. The molecule has 2 aromatic rings. The molecule has 0 amide bonds. The molecule has 1 saturated heterocycles. The molecule has 0 aromatic heterocycles.